The van der Waals surface area contributed by atoms with Crippen LogP contribution in [0.2, 0.25) is 0 Å². The molecule has 0 saturated heterocycles. The molecule has 2 aliphatic rings. The van der Waals surface area contributed by atoms with Crippen LogP contribution in [-0.2, 0) is 0 Å². The van der Waals surface area contributed by atoms with Crippen LogP contribution in [0.25, 0.3) is 0 Å². The fourth-order valence-corrected chi connectivity index (χ4v) is 3.96. The Morgan fingerprint density at radius 3 is 2.58 bits per heavy atom. The molecule has 3 rings (SSSR count). The van der Waals surface area contributed by atoms with Crippen molar-refractivity contribution in [2.45, 2.75) is 44.9 Å². The van der Waals surface area contributed by atoms with Gasteiger partial charge in [0.1, 0.15) is 0 Å². The Morgan fingerprint density at radius 1 is 1.37 bits per heavy atom. The summed E-state index contributed by atoms with van der Waals surface area (Å²) in [5, 5.41) is 1.24. The van der Waals surface area contributed by atoms with Gasteiger partial charge < -0.3 is 10.6 Å². The molecule has 0 aliphatic heterocycles. The molecule has 0 amide bonds. The van der Waals surface area contributed by atoms with E-state index in [1.165, 1.54) is 23.4 Å². The fraction of sp³-hybridized carbons (Fsp3) is 0.667. The summed E-state index contributed by atoms with van der Waals surface area (Å²) in [6, 6.07) is 0. The van der Waals surface area contributed by atoms with Gasteiger partial charge in [0.05, 0.1) is 15.6 Å². The van der Waals surface area contributed by atoms with E-state index in [2.05, 4.69) is 18.9 Å². The molecule has 0 bridgehead atoms. The van der Waals surface area contributed by atoms with Crippen molar-refractivity contribution in [1.82, 2.24) is 0 Å². The first-order chi connectivity index (χ1) is 9.13. The number of hydrogen-bond acceptors (Lipinski definition) is 4. The van der Waals surface area contributed by atoms with Crippen LogP contribution in [0.15, 0.2) is 0 Å². The lowest BCUT2D eigenvalue weighted by Crippen LogP contribution is -2.17. The highest BCUT2D eigenvalue weighted by Crippen LogP contribution is 2.53. The average molecular weight is 278 g/mol. The molecular weight excluding hydrogens is 256 g/mol. The van der Waals surface area contributed by atoms with Crippen molar-refractivity contribution in [3.05, 3.63) is 10.4 Å². The summed E-state index contributed by atoms with van der Waals surface area (Å²) in [6.07, 6.45) is 5.67. The van der Waals surface area contributed by atoms with Crippen LogP contribution >= 0.6 is 11.3 Å². The van der Waals surface area contributed by atoms with Gasteiger partial charge in [0.15, 0.2) is 5.78 Å². The number of Topliss-reactive ketones (excluding diaryl/α,β-unsaturated/α-hetero) is 1. The number of ketones is 1. The highest BCUT2D eigenvalue weighted by atomic mass is 32.1. The van der Waals surface area contributed by atoms with E-state index in [0.717, 1.165) is 36.4 Å². The zero-order chi connectivity index (χ0) is 13.6. The Balaban J connectivity index is 1.97. The Hall–Kier alpha value is -1.03. The van der Waals surface area contributed by atoms with Crippen LogP contribution in [-0.4, -0.2) is 19.4 Å². The van der Waals surface area contributed by atoms with Gasteiger partial charge in [-0.2, -0.15) is 0 Å². The average Bonchev–Trinajstić information content (AvgIpc) is 3.25. The summed E-state index contributed by atoms with van der Waals surface area (Å²) in [6.45, 7) is 3.21. The number of rotatable bonds is 6. The molecule has 0 aromatic carbocycles. The third-order valence-corrected chi connectivity index (χ3v) is 5.38. The summed E-state index contributed by atoms with van der Waals surface area (Å²) in [7, 11) is 2.12. The van der Waals surface area contributed by atoms with Gasteiger partial charge in [-0.25, -0.2) is 0 Å². The van der Waals surface area contributed by atoms with E-state index in [4.69, 9.17) is 5.73 Å². The molecule has 2 saturated carbocycles. The molecule has 3 nitrogen and oxygen atoms in total. The number of carbonyl (C=O) groups is 1. The van der Waals surface area contributed by atoms with Crippen molar-refractivity contribution >= 4 is 27.8 Å². The molecule has 2 aliphatic carbocycles. The van der Waals surface area contributed by atoms with Crippen LogP contribution < -0.4 is 10.6 Å². The molecular formula is C15H22N2OS. The molecule has 19 heavy (non-hydrogen) atoms. The molecule has 1 aromatic rings. The van der Waals surface area contributed by atoms with Crippen molar-refractivity contribution in [1.29, 1.82) is 0 Å². The standard InChI is InChI=1S/C15H22N2OS/c1-3-8-17(2)15-11(9-4-5-9)12(16)14(19-15)13(18)10-6-7-10/h9-10H,3-8,16H2,1-2H3. The van der Waals surface area contributed by atoms with Crippen molar-refractivity contribution < 1.29 is 4.79 Å². The van der Waals surface area contributed by atoms with Crippen LogP contribution in [0.1, 0.15) is 60.2 Å². The molecule has 0 radical (unpaired) electrons. The second kappa shape index (κ2) is 4.82. The Labute approximate surface area is 118 Å². The van der Waals surface area contributed by atoms with E-state index >= 15 is 0 Å². The normalized spacial score (nSPS) is 18.6. The number of thiophene rings is 1. The van der Waals surface area contributed by atoms with Crippen LogP contribution in [0.4, 0.5) is 10.7 Å². The predicted octanol–water partition coefficient (Wildman–Crippen LogP) is 3.65. The molecule has 2 fully saturated rings. The van der Waals surface area contributed by atoms with E-state index in [1.54, 1.807) is 11.3 Å². The minimum atomic E-state index is 0.261. The number of anilines is 2. The molecule has 0 atom stereocenters. The van der Waals surface area contributed by atoms with Crippen molar-refractivity contribution in [2.24, 2.45) is 5.92 Å². The van der Waals surface area contributed by atoms with Crippen molar-refractivity contribution in [3.63, 3.8) is 0 Å². The summed E-state index contributed by atoms with van der Waals surface area (Å²) < 4.78 is 0. The van der Waals surface area contributed by atoms with Gasteiger partial charge in [-0.15, -0.1) is 11.3 Å². The van der Waals surface area contributed by atoms with E-state index < -0.39 is 0 Å². The summed E-state index contributed by atoms with van der Waals surface area (Å²) in [4.78, 5) is 15.4. The molecule has 4 heteroatoms. The first kappa shape index (κ1) is 13.0. The highest BCUT2D eigenvalue weighted by molar-refractivity contribution is 7.19. The lowest BCUT2D eigenvalue weighted by atomic mass is 10.1. The zero-order valence-electron chi connectivity index (χ0n) is 11.7. The van der Waals surface area contributed by atoms with Crippen LogP contribution in [0, 0.1) is 5.92 Å². The number of carbonyl (C=O) groups excluding carboxylic acids is 1. The van der Waals surface area contributed by atoms with E-state index in [-0.39, 0.29) is 5.92 Å². The Kier molecular flexibility index (Phi) is 3.29. The maximum absolute atomic E-state index is 12.3. The Bertz CT molecular complexity index is 500. The Morgan fingerprint density at radius 2 is 2.05 bits per heavy atom. The van der Waals surface area contributed by atoms with Gasteiger partial charge in [-0.05, 0) is 38.0 Å². The molecule has 2 N–H and O–H groups in total. The summed E-state index contributed by atoms with van der Waals surface area (Å²) in [5.74, 6) is 1.16. The van der Waals surface area contributed by atoms with E-state index in [9.17, 15) is 4.79 Å². The third kappa shape index (κ3) is 2.38. The monoisotopic (exact) mass is 278 g/mol. The first-order valence-corrected chi connectivity index (χ1v) is 8.12. The van der Waals surface area contributed by atoms with Crippen molar-refractivity contribution in [2.75, 3.05) is 24.2 Å². The lowest BCUT2D eigenvalue weighted by Gasteiger charge is -2.18. The lowest BCUT2D eigenvalue weighted by molar-refractivity contribution is 0.0972. The second-order valence-electron chi connectivity index (χ2n) is 5.90. The van der Waals surface area contributed by atoms with Crippen molar-refractivity contribution in [3.8, 4) is 0 Å². The van der Waals surface area contributed by atoms with E-state index in [0.29, 0.717) is 11.7 Å². The van der Waals surface area contributed by atoms with E-state index in [1.807, 2.05) is 0 Å². The topological polar surface area (TPSA) is 46.3 Å². The SMILES string of the molecule is CCCN(C)c1sc(C(=O)C2CC2)c(N)c1C1CC1. The van der Waals surface area contributed by atoms with Gasteiger partial charge in [0.25, 0.3) is 0 Å². The maximum atomic E-state index is 12.3. The predicted molar refractivity (Wildman–Crippen MR) is 81.3 cm³/mol. The van der Waals surface area contributed by atoms with Gasteiger partial charge in [0, 0.05) is 25.1 Å². The quantitative estimate of drug-likeness (QED) is 0.808. The number of nitrogens with two attached hydrogens (primary N) is 1. The third-order valence-electron chi connectivity index (χ3n) is 4.03. The number of hydrogen-bond donors (Lipinski definition) is 1. The zero-order valence-corrected chi connectivity index (χ0v) is 12.6. The number of nitrogens with zero attached hydrogens (tertiary/aromatic N) is 1. The van der Waals surface area contributed by atoms with Crippen LogP contribution in [0.3, 0.4) is 0 Å². The smallest absolute Gasteiger partial charge is 0.178 e. The highest BCUT2D eigenvalue weighted by Gasteiger charge is 2.37. The minimum Gasteiger partial charge on any atom is -0.397 e. The van der Waals surface area contributed by atoms with Gasteiger partial charge in [-0.1, -0.05) is 6.92 Å². The minimum absolute atomic E-state index is 0.261. The molecule has 0 unspecified atom stereocenters. The molecule has 1 aromatic heterocycles. The molecule has 0 spiro atoms. The number of nitrogen functional groups attached to an aromatic ring is 1. The first-order valence-electron chi connectivity index (χ1n) is 7.31. The van der Waals surface area contributed by atoms with Crippen LogP contribution in [0.5, 0.6) is 0 Å². The second-order valence-corrected chi connectivity index (χ2v) is 6.90. The molecule has 104 valence electrons. The molecule has 1 heterocycles. The van der Waals surface area contributed by atoms with Gasteiger partial charge in [-0.3, -0.25) is 4.79 Å². The van der Waals surface area contributed by atoms with Gasteiger partial charge in [0.2, 0.25) is 0 Å². The summed E-state index contributed by atoms with van der Waals surface area (Å²) in [5.41, 5.74) is 8.37. The fourth-order valence-electron chi connectivity index (χ4n) is 2.65. The maximum Gasteiger partial charge on any atom is 0.178 e. The van der Waals surface area contributed by atoms with Gasteiger partial charge >= 0.3 is 0 Å². The summed E-state index contributed by atoms with van der Waals surface area (Å²) >= 11 is 1.63. The largest absolute Gasteiger partial charge is 0.397 e.